The maximum Gasteiger partial charge on any atom is 0.274 e. The van der Waals surface area contributed by atoms with Gasteiger partial charge in [0.05, 0.1) is 19.1 Å². The van der Waals surface area contributed by atoms with Crippen LogP contribution in [-0.4, -0.2) is 38.5 Å². The molecular weight excluding hydrogens is 340 g/mol. The van der Waals surface area contributed by atoms with Gasteiger partial charge in [-0.05, 0) is 43.7 Å². The van der Waals surface area contributed by atoms with E-state index in [-0.39, 0.29) is 11.9 Å². The van der Waals surface area contributed by atoms with Gasteiger partial charge >= 0.3 is 0 Å². The van der Waals surface area contributed by atoms with E-state index in [1.54, 1.807) is 30.4 Å². The van der Waals surface area contributed by atoms with Crippen LogP contribution >= 0.6 is 0 Å². The van der Waals surface area contributed by atoms with Crippen LogP contribution in [0.15, 0.2) is 55.1 Å². The molecule has 3 aromatic rings. The fourth-order valence-electron chi connectivity index (χ4n) is 2.93. The van der Waals surface area contributed by atoms with Crippen LogP contribution in [0.25, 0.3) is 11.3 Å². The average molecular weight is 364 g/mol. The number of aryl methyl sites for hydroxylation is 1. The van der Waals surface area contributed by atoms with E-state index in [0.717, 1.165) is 22.6 Å². The fraction of sp³-hybridized carbons (Fsp3) is 0.286. The van der Waals surface area contributed by atoms with Crippen molar-refractivity contribution in [1.29, 1.82) is 0 Å². The first kappa shape index (κ1) is 18.6. The molecule has 2 aromatic heterocycles. The lowest BCUT2D eigenvalue weighted by molar-refractivity contribution is 0.0684. The van der Waals surface area contributed by atoms with Gasteiger partial charge in [0.25, 0.3) is 5.91 Å². The molecule has 3 rings (SSSR count). The van der Waals surface area contributed by atoms with Crippen molar-refractivity contribution in [1.82, 2.24) is 19.4 Å². The van der Waals surface area contributed by atoms with Gasteiger partial charge in [-0.15, -0.1) is 0 Å². The minimum Gasteiger partial charge on any atom is -0.496 e. The number of hydrogen-bond acceptors (Lipinski definition) is 4. The Morgan fingerprint density at radius 2 is 2.00 bits per heavy atom. The van der Waals surface area contributed by atoms with Gasteiger partial charge in [-0.25, -0.2) is 4.98 Å². The SMILES string of the molecule is COc1ccccc1-c1cc(CN(C(=O)c2cn(C)cn2)C(C)C)ccn1. The smallest absolute Gasteiger partial charge is 0.274 e. The first-order valence-corrected chi connectivity index (χ1v) is 8.87. The number of ether oxygens (including phenoxy) is 1. The second-order valence-electron chi connectivity index (χ2n) is 6.70. The summed E-state index contributed by atoms with van der Waals surface area (Å²) in [5.41, 5.74) is 3.20. The molecule has 0 radical (unpaired) electrons. The van der Waals surface area contributed by atoms with Gasteiger partial charge < -0.3 is 14.2 Å². The highest BCUT2D eigenvalue weighted by Gasteiger charge is 2.21. The van der Waals surface area contributed by atoms with Crippen molar-refractivity contribution in [3.8, 4) is 17.0 Å². The Morgan fingerprint density at radius 1 is 1.22 bits per heavy atom. The summed E-state index contributed by atoms with van der Waals surface area (Å²) in [7, 11) is 3.50. The van der Waals surface area contributed by atoms with Crippen LogP contribution < -0.4 is 4.74 Å². The predicted molar refractivity (Wildman–Crippen MR) is 104 cm³/mol. The van der Waals surface area contributed by atoms with Gasteiger partial charge in [0.15, 0.2) is 0 Å². The topological polar surface area (TPSA) is 60.2 Å². The number of hydrogen-bond donors (Lipinski definition) is 0. The van der Waals surface area contributed by atoms with E-state index >= 15 is 0 Å². The zero-order valence-corrected chi connectivity index (χ0v) is 16.1. The minimum absolute atomic E-state index is 0.0439. The summed E-state index contributed by atoms with van der Waals surface area (Å²) in [4.78, 5) is 23.4. The second-order valence-corrected chi connectivity index (χ2v) is 6.70. The van der Waals surface area contributed by atoms with Crippen molar-refractivity contribution < 1.29 is 9.53 Å². The first-order valence-electron chi connectivity index (χ1n) is 8.87. The second kappa shape index (κ2) is 8.03. The van der Waals surface area contributed by atoms with Crippen LogP contribution in [-0.2, 0) is 13.6 Å². The van der Waals surface area contributed by atoms with Gasteiger partial charge in [-0.2, -0.15) is 0 Å². The van der Waals surface area contributed by atoms with Gasteiger partial charge in [-0.1, -0.05) is 12.1 Å². The molecule has 1 aromatic carbocycles. The molecule has 6 heteroatoms. The lowest BCUT2D eigenvalue weighted by Gasteiger charge is -2.26. The van der Waals surface area contributed by atoms with E-state index in [4.69, 9.17) is 4.74 Å². The normalized spacial score (nSPS) is 10.9. The van der Waals surface area contributed by atoms with Crippen LogP contribution in [0.4, 0.5) is 0 Å². The molecule has 140 valence electrons. The van der Waals surface area contributed by atoms with Crippen molar-refractivity contribution in [2.45, 2.75) is 26.4 Å². The summed E-state index contributed by atoms with van der Waals surface area (Å²) < 4.78 is 7.22. The highest BCUT2D eigenvalue weighted by Crippen LogP contribution is 2.28. The molecule has 2 heterocycles. The summed E-state index contributed by atoms with van der Waals surface area (Å²) in [6.07, 6.45) is 5.14. The van der Waals surface area contributed by atoms with E-state index in [1.807, 2.05) is 62.2 Å². The van der Waals surface area contributed by atoms with E-state index in [0.29, 0.717) is 12.2 Å². The molecule has 0 aliphatic rings. The predicted octanol–water partition coefficient (Wildman–Crippen LogP) is 3.54. The number of para-hydroxylation sites is 1. The standard InChI is InChI=1S/C21H24N4O2/c1-15(2)25(21(26)19-13-24(3)14-23-19)12-16-9-10-22-18(11-16)17-7-5-6-8-20(17)27-4/h5-11,13-15H,12H2,1-4H3. The van der Waals surface area contributed by atoms with Gasteiger partial charge in [0.1, 0.15) is 11.4 Å². The van der Waals surface area contributed by atoms with E-state index in [9.17, 15) is 4.79 Å². The fourth-order valence-corrected chi connectivity index (χ4v) is 2.93. The molecular formula is C21H24N4O2. The molecule has 0 atom stereocenters. The third kappa shape index (κ3) is 4.16. The molecule has 0 saturated heterocycles. The molecule has 0 spiro atoms. The summed E-state index contributed by atoms with van der Waals surface area (Å²) in [6.45, 7) is 4.49. The highest BCUT2D eigenvalue weighted by molar-refractivity contribution is 5.92. The molecule has 1 amide bonds. The van der Waals surface area contributed by atoms with Gasteiger partial charge in [0.2, 0.25) is 0 Å². The van der Waals surface area contributed by atoms with Crippen LogP contribution in [0.5, 0.6) is 5.75 Å². The number of benzene rings is 1. The largest absolute Gasteiger partial charge is 0.496 e. The van der Waals surface area contributed by atoms with Crippen LogP contribution in [0.2, 0.25) is 0 Å². The van der Waals surface area contributed by atoms with Crippen LogP contribution in [0.3, 0.4) is 0 Å². The van der Waals surface area contributed by atoms with Crippen molar-refractivity contribution in [2.75, 3.05) is 7.11 Å². The number of methoxy groups -OCH3 is 1. The third-order valence-corrected chi connectivity index (χ3v) is 4.37. The Morgan fingerprint density at radius 3 is 2.67 bits per heavy atom. The summed E-state index contributed by atoms with van der Waals surface area (Å²) in [5.74, 6) is 0.689. The Labute approximate surface area is 159 Å². The zero-order chi connectivity index (χ0) is 19.4. The molecule has 0 aliphatic heterocycles. The Balaban J connectivity index is 1.88. The molecule has 6 nitrogen and oxygen atoms in total. The number of imidazole rings is 1. The third-order valence-electron chi connectivity index (χ3n) is 4.37. The lowest BCUT2D eigenvalue weighted by atomic mass is 10.1. The van der Waals surface area contributed by atoms with E-state index < -0.39 is 0 Å². The number of rotatable bonds is 6. The van der Waals surface area contributed by atoms with Crippen molar-refractivity contribution in [2.24, 2.45) is 7.05 Å². The number of pyridine rings is 1. The quantitative estimate of drug-likeness (QED) is 0.671. The van der Waals surface area contributed by atoms with Gasteiger partial charge in [-0.3, -0.25) is 9.78 Å². The first-order chi connectivity index (χ1) is 13.0. The molecule has 0 N–H and O–H groups in total. The number of aromatic nitrogens is 3. The summed E-state index contributed by atoms with van der Waals surface area (Å²) >= 11 is 0. The van der Waals surface area contributed by atoms with Crippen molar-refractivity contribution >= 4 is 5.91 Å². The molecule has 0 fully saturated rings. The van der Waals surface area contributed by atoms with Crippen LogP contribution in [0, 0.1) is 0 Å². The van der Waals surface area contributed by atoms with Crippen molar-refractivity contribution in [3.63, 3.8) is 0 Å². The lowest BCUT2D eigenvalue weighted by Crippen LogP contribution is -2.36. The monoisotopic (exact) mass is 364 g/mol. The molecule has 0 saturated carbocycles. The maximum absolute atomic E-state index is 12.9. The number of amides is 1. The summed E-state index contributed by atoms with van der Waals surface area (Å²) in [5, 5.41) is 0. The minimum atomic E-state index is -0.0822. The molecule has 0 unspecified atom stereocenters. The Kier molecular flexibility index (Phi) is 5.54. The van der Waals surface area contributed by atoms with E-state index in [1.165, 1.54) is 0 Å². The van der Waals surface area contributed by atoms with Gasteiger partial charge in [0, 0.05) is 37.6 Å². The molecule has 0 aliphatic carbocycles. The average Bonchev–Trinajstić information content (AvgIpc) is 3.12. The molecule has 0 bridgehead atoms. The molecule has 27 heavy (non-hydrogen) atoms. The summed E-state index contributed by atoms with van der Waals surface area (Å²) in [6, 6.07) is 11.7. The number of nitrogens with zero attached hydrogens (tertiary/aromatic N) is 4. The maximum atomic E-state index is 12.9. The Hall–Kier alpha value is -3.15. The number of carbonyl (C=O) groups excluding carboxylic acids is 1. The highest BCUT2D eigenvalue weighted by atomic mass is 16.5. The zero-order valence-electron chi connectivity index (χ0n) is 16.1. The number of carbonyl (C=O) groups is 1. The van der Waals surface area contributed by atoms with Crippen LogP contribution in [0.1, 0.15) is 29.9 Å². The Bertz CT molecular complexity index is 933. The van der Waals surface area contributed by atoms with Crippen molar-refractivity contribution in [3.05, 3.63) is 66.4 Å². The van der Waals surface area contributed by atoms with E-state index in [2.05, 4.69) is 9.97 Å².